The van der Waals surface area contributed by atoms with E-state index < -0.39 is 28.8 Å². The van der Waals surface area contributed by atoms with Crippen LogP contribution in [0.1, 0.15) is 18.4 Å². The first-order valence-corrected chi connectivity index (χ1v) is 9.99. The number of benzene rings is 2. The molecule has 0 spiro atoms. The molecular formula is C21H27N7O4. The monoisotopic (exact) mass is 441 g/mol. The lowest BCUT2D eigenvalue weighted by atomic mass is 10.0. The molecule has 0 aromatic heterocycles. The number of non-ortho nitro benzene ring substituents is 1. The molecule has 170 valence electrons. The van der Waals surface area contributed by atoms with Gasteiger partial charge in [-0.05, 0) is 37.0 Å². The molecule has 0 fully saturated rings. The van der Waals surface area contributed by atoms with Crippen molar-refractivity contribution in [1.29, 1.82) is 5.41 Å². The molecule has 0 saturated carbocycles. The number of hydrogen-bond acceptors (Lipinski definition) is 6. The zero-order chi connectivity index (χ0) is 23.5. The predicted octanol–water partition coefficient (Wildman–Crippen LogP) is 0.851. The van der Waals surface area contributed by atoms with Crippen LogP contribution in [0.5, 0.6) is 0 Å². The Morgan fingerprint density at radius 2 is 1.72 bits per heavy atom. The summed E-state index contributed by atoms with van der Waals surface area (Å²) in [7, 11) is 0. The normalized spacial score (nSPS) is 12.3. The van der Waals surface area contributed by atoms with Gasteiger partial charge in [-0.25, -0.2) is 0 Å². The highest BCUT2D eigenvalue weighted by Crippen LogP contribution is 2.16. The van der Waals surface area contributed by atoms with E-state index in [4.69, 9.17) is 16.9 Å². The summed E-state index contributed by atoms with van der Waals surface area (Å²) in [6.45, 7) is 0.350. The Labute approximate surface area is 185 Å². The van der Waals surface area contributed by atoms with Crippen LogP contribution in [-0.2, 0) is 16.0 Å². The summed E-state index contributed by atoms with van der Waals surface area (Å²) in [5.74, 6) is -1.15. The van der Waals surface area contributed by atoms with Crippen molar-refractivity contribution in [2.75, 3.05) is 11.9 Å². The van der Waals surface area contributed by atoms with Gasteiger partial charge in [-0.3, -0.25) is 25.1 Å². The fourth-order valence-electron chi connectivity index (χ4n) is 2.93. The highest BCUT2D eigenvalue weighted by Gasteiger charge is 2.24. The minimum absolute atomic E-state index is 0.102. The molecule has 2 atom stereocenters. The molecule has 0 aliphatic heterocycles. The van der Waals surface area contributed by atoms with Crippen LogP contribution in [0.15, 0.2) is 54.6 Å². The Morgan fingerprint density at radius 1 is 1.06 bits per heavy atom. The third kappa shape index (κ3) is 8.03. The number of rotatable bonds is 11. The molecule has 0 radical (unpaired) electrons. The fourth-order valence-corrected chi connectivity index (χ4v) is 2.93. The lowest BCUT2D eigenvalue weighted by Gasteiger charge is -2.21. The van der Waals surface area contributed by atoms with Gasteiger partial charge in [0.25, 0.3) is 5.69 Å². The molecule has 0 aliphatic rings. The van der Waals surface area contributed by atoms with Gasteiger partial charge in [-0.1, -0.05) is 30.3 Å². The molecule has 0 saturated heterocycles. The number of amides is 2. The van der Waals surface area contributed by atoms with Crippen molar-refractivity contribution in [2.45, 2.75) is 31.3 Å². The Morgan fingerprint density at radius 3 is 2.31 bits per heavy atom. The van der Waals surface area contributed by atoms with E-state index in [1.165, 1.54) is 24.3 Å². The van der Waals surface area contributed by atoms with Gasteiger partial charge >= 0.3 is 0 Å². The van der Waals surface area contributed by atoms with E-state index in [0.29, 0.717) is 25.1 Å². The van der Waals surface area contributed by atoms with Gasteiger partial charge in [0.1, 0.15) is 6.04 Å². The number of nitrogens with zero attached hydrogens (tertiary/aromatic N) is 1. The summed E-state index contributed by atoms with van der Waals surface area (Å²) in [6, 6.07) is 12.9. The van der Waals surface area contributed by atoms with E-state index in [1.807, 2.05) is 30.3 Å². The van der Waals surface area contributed by atoms with Crippen molar-refractivity contribution in [3.8, 4) is 0 Å². The number of hydrogen-bond donors (Lipinski definition) is 6. The second kappa shape index (κ2) is 12.0. The predicted molar refractivity (Wildman–Crippen MR) is 121 cm³/mol. The number of nitro groups is 1. The summed E-state index contributed by atoms with van der Waals surface area (Å²) in [6.07, 6.45) is 1.03. The van der Waals surface area contributed by atoms with Crippen molar-refractivity contribution in [2.24, 2.45) is 11.5 Å². The minimum atomic E-state index is -0.895. The molecule has 2 rings (SSSR count). The first-order valence-electron chi connectivity index (χ1n) is 9.99. The Balaban J connectivity index is 2.02. The van der Waals surface area contributed by atoms with Gasteiger partial charge in [0.05, 0.1) is 11.0 Å². The maximum Gasteiger partial charge on any atom is 0.269 e. The third-order valence-electron chi connectivity index (χ3n) is 4.60. The topological polar surface area (TPSA) is 189 Å². The van der Waals surface area contributed by atoms with Crippen molar-refractivity contribution in [1.82, 2.24) is 10.6 Å². The molecule has 8 N–H and O–H groups in total. The molecule has 0 unspecified atom stereocenters. The van der Waals surface area contributed by atoms with Crippen molar-refractivity contribution >= 4 is 29.1 Å². The van der Waals surface area contributed by atoms with Crippen molar-refractivity contribution in [3.05, 3.63) is 70.3 Å². The molecule has 2 amide bonds. The number of guanidine groups is 1. The second-order valence-corrected chi connectivity index (χ2v) is 7.13. The Kier molecular flexibility index (Phi) is 9.11. The zero-order valence-electron chi connectivity index (χ0n) is 17.4. The average Bonchev–Trinajstić information content (AvgIpc) is 2.76. The first-order chi connectivity index (χ1) is 15.3. The molecule has 2 aromatic carbocycles. The van der Waals surface area contributed by atoms with Crippen LogP contribution >= 0.6 is 0 Å². The molecule has 11 heteroatoms. The van der Waals surface area contributed by atoms with Gasteiger partial charge in [0.2, 0.25) is 11.8 Å². The largest absolute Gasteiger partial charge is 0.370 e. The summed E-state index contributed by atoms with van der Waals surface area (Å²) in [5, 5.41) is 25.9. The van der Waals surface area contributed by atoms with E-state index in [2.05, 4.69) is 16.0 Å². The second-order valence-electron chi connectivity index (χ2n) is 7.13. The smallest absolute Gasteiger partial charge is 0.269 e. The van der Waals surface area contributed by atoms with Crippen LogP contribution in [0.2, 0.25) is 0 Å². The highest BCUT2D eigenvalue weighted by molar-refractivity contribution is 5.97. The standard InChI is InChI=1S/C21H27N7O4/c22-17(13-14-5-2-1-3-6-14)19(29)27-18(7-4-12-25-21(23)24)20(30)26-15-8-10-16(11-9-15)28(31)32/h1-3,5-6,8-11,17-18H,4,7,12-13,22H2,(H,26,30)(H,27,29)(H4,23,24,25)/t17-,18-/m0/s1. The maximum atomic E-state index is 12.8. The lowest BCUT2D eigenvalue weighted by Crippen LogP contribution is -2.50. The summed E-state index contributed by atoms with van der Waals surface area (Å²) >= 11 is 0. The number of carbonyl (C=O) groups excluding carboxylic acids is 2. The van der Waals surface area contributed by atoms with Crippen LogP contribution in [0.4, 0.5) is 11.4 Å². The molecule has 32 heavy (non-hydrogen) atoms. The number of nitro benzene ring substituents is 1. The SMILES string of the molecule is N=C(N)NCCC[C@H](NC(=O)[C@@H](N)Cc1ccccc1)C(=O)Nc1ccc([N+](=O)[O-])cc1. The number of nitrogens with two attached hydrogens (primary N) is 2. The van der Waals surface area contributed by atoms with E-state index in [-0.39, 0.29) is 18.1 Å². The van der Waals surface area contributed by atoms with Crippen LogP contribution in [0, 0.1) is 15.5 Å². The molecule has 0 heterocycles. The van der Waals surface area contributed by atoms with Gasteiger partial charge in [0, 0.05) is 24.4 Å². The molecule has 11 nitrogen and oxygen atoms in total. The Bertz CT molecular complexity index is 935. The van der Waals surface area contributed by atoms with Gasteiger partial charge in [-0.2, -0.15) is 0 Å². The molecule has 0 bridgehead atoms. The molecule has 0 aliphatic carbocycles. The zero-order valence-corrected chi connectivity index (χ0v) is 17.4. The third-order valence-corrected chi connectivity index (χ3v) is 4.60. The quantitative estimate of drug-likeness (QED) is 0.0979. The van der Waals surface area contributed by atoms with Crippen LogP contribution in [-0.4, -0.2) is 41.3 Å². The number of carbonyl (C=O) groups is 2. The lowest BCUT2D eigenvalue weighted by molar-refractivity contribution is -0.384. The van der Waals surface area contributed by atoms with Gasteiger partial charge in [-0.15, -0.1) is 0 Å². The van der Waals surface area contributed by atoms with Crippen molar-refractivity contribution < 1.29 is 14.5 Å². The van der Waals surface area contributed by atoms with Crippen LogP contribution in [0.25, 0.3) is 0 Å². The summed E-state index contributed by atoms with van der Waals surface area (Å²) in [5.41, 5.74) is 12.4. The van der Waals surface area contributed by atoms with Crippen molar-refractivity contribution in [3.63, 3.8) is 0 Å². The Hall–Kier alpha value is -3.99. The highest BCUT2D eigenvalue weighted by atomic mass is 16.6. The van der Waals surface area contributed by atoms with Crippen LogP contribution in [0.3, 0.4) is 0 Å². The van der Waals surface area contributed by atoms with E-state index in [9.17, 15) is 19.7 Å². The number of anilines is 1. The first kappa shape index (κ1) is 24.3. The van der Waals surface area contributed by atoms with Crippen LogP contribution < -0.4 is 27.4 Å². The average molecular weight is 441 g/mol. The van der Waals surface area contributed by atoms with E-state index >= 15 is 0 Å². The van der Waals surface area contributed by atoms with E-state index in [0.717, 1.165) is 5.56 Å². The fraction of sp³-hybridized carbons (Fsp3) is 0.286. The number of nitrogens with one attached hydrogen (secondary N) is 4. The minimum Gasteiger partial charge on any atom is -0.370 e. The summed E-state index contributed by atoms with van der Waals surface area (Å²) < 4.78 is 0. The summed E-state index contributed by atoms with van der Waals surface area (Å²) in [4.78, 5) is 35.6. The maximum absolute atomic E-state index is 12.8. The van der Waals surface area contributed by atoms with Gasteiger partial charge < -0.3 is 27.4 Å². The van der Waals surface area contributed by atoms with E-state index in [1.54, 1.807) is 0 Å². The van der Waals surface area contributed by atoms with Gasteiger partial charge in [0.15, 0.2) is 5.96 Å². The molecular weight excluding hydrogens is 414 g/mol. The molecule has 2 aromatic rings.